The van der Waals surface area contributed by atoms with E-state index in [9.17, 15) is 45.3 Å². The van der Waals surface area contributed by atoms with Crippen LogP contribution in [0.4, 0.5) is 35.1 Å². The molecule has 1 rings (SSSR count). The van der Waals surface area contributed by atoms with Gasteiger partial charge in [-0.2, -0.15) is 26.3 Å². The SMILES string of the molecule is CC(O)C(c1c(F)c(C(F)(F)F)nc(C(F)(F)F)c1F)C(C)O. The summed E-state index contributed by atoms with van der Waals surface area (Å²) in [4.78, 5) is 2.01. The Kier molecular flexibility index (Phi) is 5.26. The van der Waals surface area contributed by atoms with Crippen LogP contribution in [-0.2, 0) is 12.4 Å². The molecule has 0 saturated heterocycles. The van der Waals surface area contributed by atoms with Gasteiger partial charge in [0.15, 0.2) is 23.0 Å². The maximum atomic E-state index is 14.0. The molecule has 132 valence electrons. The van der Waals surface area contributed by atoms with E-state index in [4.69, 9.17) is 0 Å². The molecule has 0 aliphatic heterocycles. The predicted molar refractivity (Wildman–Crippen MR) is 60.3 cm³/mol. The number of halogens is 8. The van der Waals surface area contributed by atoms with Crippen molar-refractivity contribution >= 4 is 0 Å². The van der Waals surface area contributed by atoms with Crippen LogP contribution in [0, 0.1) is 11.6 Å². The van der Waals surface area contributed by atoms with E-state index < -0.39 is 59.1 Å². The lowest BCUT2D eigenvalue weighted by atomic mass is 9.88. The Morgan fingerprint density at radius 2 is 1.09 bits per heavy atom. The van der Waals surface area contributed by atoms with Crippen molar-refractivity contribution in [2.45, 2.75) is 44.3 Å². The topological polar surface area (TPSA) is 53.4 Å². The van der Waals surface area contributed by atoms with Crippen LogP contribution in [0.5, 0.6) is 0 Å². The monoisotopic (exact) mass is 353 g/mol. The highest BCUT2D eigenvalue weighted by atomic mass is 19.4. The largest absolute Gasteiger partial charge is 0.436 e. The molecule has 1 aromatic rings. The summed E-state index contributed by atoms with van der Waals surface area (Å²) in [5.41, 5.74) is -6.87. The van der Waals surface area contributed by atoms with E-state index in [1.807, 2.05) is 4.98 Å². The third kappa shape index (κ3) is 3.89. The number of hydrogen-bond acceptors (Lipinski definition) is 3. The van der Waals surface area contributed by atoms with Gasteiger partial charge in [-0.15, -0.1) is 0 Å². The summed E-state index contributed by atoms with van der Waals surface area (Å²) in [6.07, 6.45) is -14.9. The van der Waals surface area contributed by atoms with Crippen LogP contribution in [0.1, 0.15) is 36.7 Å². The van der Waals surface area contributed by atoms with Gasteiger partial charge >= 0.3 is 12.4 Å². The van der Waals surface area contributed by atoms with Gasteiger partial charge in [-0.25, -0.2) is 13.8 Å². The Morgan fingerprint density at radius 3 is 1.30 bits per heavy atom. The first-order chi connectivity index (χ1) is 10.2. The third-order valence-corrected chi connectivity index (χ3v) is 3.02. The zero-order chi connectivity index (χ0) is 18.3. The lowest BCUT2D eigenvalue weighted by molar-refractivity contribution is -0.153. The Morgan fingerprint density at radius 1 is 0.783 bits per heavy atom. The van der Waals surface area contributed by atoms with Crippen molar-refractivity contribution in [3.8, 4) is 0 Å². The fourth-order valence-electron chi connectivity index (χ4n) is 2.12. The highest BCUT2D eigenvalue weighted by Crippen LogP contribution is 2.41. The smallest absolute Gasteiger partial charge is 0.393 e. The Labute approximate surface area is 124 Å². The first-order valence-electron chi connectivity index (χ1n) is 6.09. The average Bonchev–Trinajstić information content (AvgIpc) is 2.29. The van der Waals surface area contributed by atoms with E-state index in [0.29, 0.717) is 0 Å². The fraction of sp³-hybridized carbons (Fsp3) is 0.583. The zero-order valence-electron chi connectivity index (χ0n) is 11.6. The molecule has 2 N–H and O–H groups in total. The average molecular weight is 353 g/mol. The van der Waals surface area contributed by atoms with E-state index >= 15 is 0 Å². The maximum absolute atomic E-state index is 14.0. The first kappa shape index (κ1) is 19.6. The number of aliphatic hydroxyl groups excluding tert-OH is 2. The summed E-state index contributed by atoms with van der Waals surface area (Å²) in [7, 11) is 0. The first-order valence-corrected chi connectivity index (χ1v) is 6.09. The van der Waals surface area contributed by atoms with E-state index in [2.05, 4.69) is 0 Å². The van der Waals surface area contributed by atoms with Crippen molar-refractivity contribution in [1.29, 1.82) is 0 Å². The highest BCUT2D eigenvalue weighted by Gasteiger charge is 2.47. The summed E-state index contributed by atoms with van der Waals surface area (Å²) in [5.74, 6) is -6.87. The van der Waals surface area contributed by atoms with Gasteiger partial charge in [0.05, 0.1) is 12.2 Å². The van der Waals surface area contributed by atoms with Crippen LogP contribution < -0.4 is 0 Å². The standard InChI is InChI=1S/C12H11F8NO2/c1-3(22)5(4(2)23)6-7(13)9(11(15,16)17)21-10(8(6)14)12(18,19)20/h3-5,22-23H,1-2H3. The van der Waals surface area contributed by atoms with Crippen LogP contribution in [0.2, 0.25) is 0 Å². The van der Waals surface area contributed by atoms with Crippen molar-refractivity contribution in [3.05, 3.63) is 28.6 Å². The molecule has 0 bridgehead atoms. The number of pyridine rings is 1. The van der Waals surface area contributed by atoms with Crippen molar-refractivity contribution in [2.24, 2.45) is 0 Å². The third-order valence-electron chi connectivity index (χ3n) is 3.02. The quantitative estimate of drug-likeness (QED) is 0.821. The Bertz CT molecular complexity index is 534. The minimum atomic E-state index is -5.63. The van der Waals surface area contributed by atoms with Crippen molar-refractivity contribution in [3.63, 3.8) is 0 Å². The number of rotatable bonds is 3. The molecule has 2 atom stereocenters. The van der Waals surface area contributed by atoms with Gasteiger partial charge in [0, 0.05) is 11.5 Å². The number of aromatic nitrogens is 1. The van der Waals surface area contributed by atoms with Crippen molar-refractivity contribution < 1.29 is 45.3 Å². The second kappa shape index (κ2) is 6.19. The van der Waals surface area contributed by atoms with Crippen LogP contribution in [0.3, 0.4) is 0 Å². The lowest BCUT2D eigenvalue weighted by Gasteiger charge is -2.26. The van der Waals surface area contributed by atoms with E-state index in [0.717, 1.165) is 13.8 Å². The van der Waals surface area contributed by atoms with Gasteiger partial charge in [0.2, 0.25) is 0 Å². The molecule has 2 unspecified atom stereocenters. The molecule has 0 radical (unpaired) electrons. The lowest BCUT2D eigenvalue weighted by Crippen LogP contribution is -2.31. The van der Waals surface area contributed by atoms with Gasteiger partial charge in [0.25, 0.3) is 0 Å². The summed E-state index contributed by atoms with van der Waals surface area (Å²) < 4.78 is 104. The molecule has 3 nitrogen and oxygen atoms in total. The van der Waals surface area contributed by atoms with Crippen LogP contribution in [-0.4, -0.2) is 27.4 Å². The molecule has 0 aromatic carbocycles. The van der Waals surface area contributed by atoms with E-state index in [1.54, 1.807) is 0 Å². The molecule has 0 aliphatic rings. The second-order valence-electron chi connectivity index (χ2n) is 4.85. The maximum Gasteiger partial charge on any atom is 0.436 e. The number of aliphatic hydroxyl groups is 2. The molecular weight excluding hydrogens is 342 g/mol. The van der Waals surface area contributed by atoms with Gasteiger partial charge in [-0.05, 0) is 13.8 Å². The van der Waals surface area contributed by atoms with Gasteiger partial charge in [-0.1, -0.05) is 0 Å². The fourth-order valence-corrected chi connectivity index (χ4v) is 2.12. The molecule has 0 fully saturated rings. The normalized spacial score (nSPS) is 17.0. The van der Waals surface area contributed by atoms with Gasteiger partial charge in [0.1, 0.15) is 0 Å². The molecule has 0 spiro atoms. The van der Waals surface area contributed by atoms with Crippen LogP contribution in [0.25, 0.3) is 0 Å². The highest BCUT2D eigenvalue weighted by molar-refractivity contribution is 5.33. The number of nitrogens with zero attached hydrogens (tertiary/aromatic N) is 1. The molecule has 0 saturated carbocycles. The Balaban J connectivity index is 3.88. The van der Waals surface area contributed by atoms with Crippen LogP contribution in [0.15, 0.2) is 0 Å². The molecule has 1 aromatic heterocycles. The van der Waals surface area contributed by atoms with E-state index in [1.165, 1.54) is 0 Å². The summed E-state index contributed by atoms with van der Waals surface area (Å²) in [6, 6.07) is 0. The summed E-state index contributed by atoms with van der Waals surface area (Å²) >= 11 is 0. The van der Waals surface area contributed by atoms with Gasteiger partial charge < -0.3 is 10.2 Å². The molecule has 0 aliphatic carbocycles. The molecular formula is C12H11F8NO2. The van der Waals surface area contributed by atoms with Crippen LogP contribution >= 0.6 is 0 Å². The molecule has 23 heavy (non-hydrogen) atoms. The Hall–Kier alpha value is -1.49. The zero-order valence-corrected chi connectivity index (χ0v) is 11.6. The number of hydrogen-bond donors (Lipinski definition) is 2. The molecule has 1 heterocycles. The number of alkyl halides is 6. The minimum absolute atomic E-state index is 0.858. The van der Waals surface area contributed by atoms with E-state index in [-0.39, 0.29) is 0 Å². The second-order valence-corrected chi connectivity index (χ2v) is 4.85. The van der Waals surface area contributed by atoms with Crippen molar-refractivity contribution in [1.82, 2.24) is 4.98 Å². The summed E-state index contributed by atoms with van der Waals surface area (Å²) in [6.45, 7) is 1.72. The van der Waals surface area contributed by atoms with Gasteiger partial charge in [-0.3, -0.25) is 0 Å². The minimum Gasteiger partial charge on any atom is -0.393 e. The van der Waals surface area contributed by atoms with Crippen molar-refractivity contribution in [2.75, 3.05) is 0 Å². The molecule has 0 amide bonds. The predicted octanol–water partition coefficient (Wildman–Crippen LogP) is 3.24. The molecule has 11 heteroatoms. The summed E-state index contributed by atoms with van der Waals surface area (Å²) in [5, 5.41) is 18.8.